The van der Waals surface area contributed by atoms with E-state index in [0.717, 1.165) is 40.5 Å². The van der Waals surface area contributed by atoms with Crippen molar-refractivity contribution >= 4 is 17.7 Å². The zero-order valence-corrected chi connectivity index (χ0v) is 14.7. The molecule has 140 valence electrons. The number of hydrogen-bond donors (Lipinski definition) is 2. The minimum absolute atomic E-state index is 0.0834. The van der Waals surface area contributed by atoms with Crippen LogP contribution in [0.2, 0.25) is 0 Å². The van der Waals surface area contributed by atoms with Gasteiger partial charge in [-0.25, -0.2) is 14.0 Å². The molecule has 1 aliphatic rings. The number of ether oxygens (including phenoxy) is 1. The lowest BCUT2D eigenvalue weighted by atomic mass is 9.98. The van der Waals surface area contributed by atoms with Crippen molar-refractivity contribution in [2.75, 3.05) is 11.9 Å². The Morgan fingerprint density at radius 2 is 1.57 bits per heavy atom. The second-order valence-electron chi connectivity index (χ2n) is 6.45. The molecule has 0 bridgehead atoms. The predicted molar refractivity (Wildman–Crippen MR) is 102 cm³/mol. The highest BCUT2D eigenvalue weighted by Gasteiger charge is 2.29. The molecule has 0 unspecified atom stereocenters. The van der Waals surface area contributed by atoms with E-state index < -0.39 is 17.9 Å². The standard InChI is InChI=1S/C22H16FNO4/c23-19-10-9-13(21(25)26)11-20(19)24-22(27)28-12-18-16-7-3-1-5-14(16)15-6-2-4-8-17(15)18/h1-11,18H,12H2,(H,24,27)(H,25,26). The molecule has 0 aliphatic heterocycles. The Kier molecular flexibility index (Phi) is 4.53. The number of nitrogens with one attached hydrogen (secondary N) is 1. The summed E-state index contributed by atoms with van der Waals surface area (Å²) in [6.07, 6.45) is -0.844. The van der Waals surface area contributed by atoms with E-state index in [1.54, 1.807) is 0 Å². The number of benzene rings is 3. The van der Waals surface area contributed by atoms with E-state index in [4.69, 9.17) is 9.84 Å². The number of carboxylic acids is 1. The van der Waals surface area contributed by atoms with E-state index in [-0.39, 0.29) is 23.8 Å². The van der Waals surface area contributed by atoms with Gasteiger partial charge < -0.3 is 9.84 Å². The third-order valence-electron chi connectivity index (χ3n) is 4.79. The average molecular weight is 377 g/mol. The van der Waals surface area contributed by atoms with Crippen molar-refractivity contribution in [1.82, 2.24) is 0 Å². The number of fused-ring (bicyclic) bond motifs is 3. The first-order valence-corrected chi connectivity index (χ1v) is 8.69. The van der Waals surface area contributed by atoms with Gasteiger partial charge in [0.2, 0.25) is 0 Å². The topological polar surface area (TPSA) is 75.6 Å². The third kappa shape index (κ3) is 3.20. The lowest BCUT2D eigenvalue weighted by molar-refractivity contribution is 0.0696. The summed E-state index contributed by atoms with van der Waals surface area (Å²) in [5, 5.41) is 11.3. The number of amides is 1. The van der Waals surface area contributed by atoms with Gasteiger partial charge in [0, 0.05) is 5.92 Å². The highest BCUT2D eigenvalue weighted by atomic mass is 19.1. The summed E-state index contributed by atoms with van der Waals surface area (Å²) in [7, 11) is 0. The van der Waals surface area contributed by atoms with E-state index in [9.17, 15) is 14.0 Å². The monoisotopic (exact) mass is 377 g/mol. The van der Waals surface area contributed by atoms with Crippen LogP contribution in [0.1, 0.15) is 27.4 Å². The molecular weight excluding hydrogens is 361 g/mol. The molecule has 0 aromatic heterocycles. The van der Waals surface area contributed by atoms with Gasteiger partial charge >= 0.3 is 12.1 Å². The van der Waals surface area contributed by atoms with Crippen LogP contribution in [0.25, 0.3) is 11.1 Å². The summed E-state index contributed by atoms with van der Waals surface area (Å²) in [4.78, 5) is 23.2. The molecule has 0 saturated carbocycles. The minimum atomic E-state index is -1.21. The van der Waals surface area contributed by atoms with Crippen LogP contribution in [0.4, 0.5) is 14.9 Å². The van der Waals surface area contributed by atoms with Crippen LogP contribution in [0.15, 0.2) is 66.7 Å². The number of carboxylic acid groups (broad SMARTS) is 1. The summed E-state index contributed by atoms with van der Waals surface area (Å²) in [5.41, 5.74) is 3.97. The number of aromatic carboxylic acids is 1. The number of anilines is 1. The molecule has 0 atom stereocenters. The third-order valence-corrected chi connectivity index (χ3v) is 4.79. The number of halogens is 1. The number of hydrogen-bond acceptors (Lipinski definition) is 3. The highest BCUT2D eigenvalue weighted by molar-refractivity contribution is 5.91. The predicted octanol–water partition coefficient (Wildman–Crippen LogP) is 4.88. The molecule has 0 radical (unpaired) electrons. The largest absolute Gasteiger partial charge is 0.478 e. The van der Waals surface area contributed by atoms with Crippen molar-refractivity contribution < 1.29 is 23.8 Å². The lowest BCUT2D eigenvalue weighted by Gasteiger charge is -2.15. The fourth-order valence-electron chi connectivity index (χ4n) is 3.50. The summed E-state index contributed by atoms with van der Waals surface area (Å²) >= 11 is 0. The van der Waals surface area contributed by atoms with Crippen molar-refractivity contribution in [3.05, 3.63) is 89.2 Å². The smallest absolute Gasteiger partial charge is 0.411 e. The molecule has 2 N–H and O–H groups in total. The fraction of sp³-hybridized carbons (Fsp3) is 0.0909. The molecule has 28 heavy (non-hydrogen) atoms. The summed E-state index contributed by atoms with van der Waals surface area (Å²) in [5.74, 6) is -2.07. The second kappa shape index (κ2) is 7.15. The van der Waals surface area contributed by atoms with Crippen LogP contribution in [0, 0.1) is 5.82 Å². The van der Waals surface area contributed by atoms with Crippen LogP contribution in [0.3, 0.4) is 0 Å². The first-order valence-electron chi connectivity index (χ1n) is 8.69. The van der Waals surface area contributed by atoms with Crippen molar-refractivity contribution in [3.63, 3.8) is 0 Å². The molecule has 3 aromatic carbocycles. The summed E-state index contributed by atoms with van der Waals surface area (Å²) in [6, 6.07) is 19.0. The molecule has 4 rings (SSSR count). The number of rotatable bonds is 4. The van der Waals surface area contributed by atoms with Gasteiger partial charge in [-0.3, -0.25) is 5.32 Å². The Morgan fingerprint density at radius 3 is 2.18 bits per heavy atom. The van der Waals surface area contributed by atoms with E-state index in [0.29, 0.717) is 0 Å². The van der Waals surface area contributed by atoms with Crippen molar-refractivity contribution in [2.24, 2.45) is 0 Å². The maximum atomic E-state index is 13.9. The van der Waals surface area contributed by atoms with E-state index in [2.05, 4.69) is 5.32 Å². The second-order valence-corrected chi connectivity index (χ2v) is 6.45. The van der Waals surface area contributed by atoms with Crippen LogP contribution < -0.4 is 5.32 Å². The molecule has 1 amide bonds. The van der Waals surface area contributed by atoms with Gasteiger partial charge in [0.15, 0.2) is 0 Å². The van der Waals surface area contributed by atoms with E-state index in [1.165, 1.54) is 0 Å². The molecular formula is C22H16FNO4. The van der Waals surface area contributed by atoms with Gasteiger partial charge in [-0.2, -0.15) is 0 Å². The lowest BCUT2D eigenvalue weighted by Crippen LogP contribution is -2.18. The Bertz CT molecular complexity index is 1030. The molecule has 3 aromatic rings. The molecule has 6 heteroatoms. The minimum Gasteiger partial charge on any atom is -0.478 e. The summed E-state index contributed by atoms with van der Waals surface area (Å²) in [6.45, 7) is 0.0834. The van der Waals surface area contributed by atoms with Crippen LogP contribution in [0.5, 0.6) is 0 Å². The SMILES string of the molecule is O=C(Nc1cc(C(=O)O)ccc1F)OCC1c2ccccc2-c2ccccc21. The van der Waals surface area contributed by atoms with Crippen LogP contribution in [-0.4, -0.2) is 23.8 Å². The van der Waals surface area contributed by atoms with Crippen molar-refractivity contribution in [1.29, 1.82) is 0 Å². The van der Waals surface area contributed by atoms with E-state index >= 15 is 0 Å². The van der Waals surface area contributed by atoms with Gasteiger partial charge in [-0.15, -0.1) is 0 Å². The quantitative estimate of drug-likeness (QED) is 0.679. The number of carbonyl (C=O) groups is 2. The molecule has 0 saturated heterocycles. The maximum Gasteiger partial charge on any atom is 0.411 e. The Labute approximate surface area is 160 Å². The number of carbonyl (C=O) groups excluding carboxylic acids is 1. The van der Waals surface area contributed by atoms with Crippen molar-refractivity contribution in [2.45, 2.75) is 5.92 Å². The zero-order chi connectivity index (χ0) is 19.7. The van der Waals surface area contributed by atoms with E-state index in [1.807, 2.05) is 48.5 Å². The van der Waals surface area contributed by atoms with Crippen LogP contribution in [-0.2, 0) is 4.74 Å². The van der Waals surface area contributed by atoms with Gasteiger partial charge in [0.1, 0.15) is 12.4 Å². The molecule has 0 spiro atoms. The molecule has 5 nitrogen and oxygen atoms in total. The van der Waals surface area contributed by atoms with Gasteiger partial charge in [-0.1, -0.05) is 48.5 Å². The fourth-order valence-corrected chi connectivity index (χ4v) is 3.50. The summed E-state index contributed by atoms with van der Waals surface area (Å²) < 4.78 is 19.2. The highest BCUT2D eigenvalue weighted by Crippen LogP contribution is 2.44. The zero-order valence-electron chi connectivity index (χ0n) is 14.7. The first kappa shape index (κ1) is 17.7. The Morgan fingerprint density at radius 1 is 0.964 bits per heavy atom. The molecule has 0 heterocycles. The van der Waals surface area contributed by atoms with Gasteiger partial charge in [0.25, 0.3) is 0 Å². The first-order chi connectivity index (χ1) is 13.5. The van der Waals surface area contributed by atoms with Crippen LogP contribution >= 0.6 is 0 Å². The molecule has 1 aliphatic carbocycles. The maximum absolute atomic E-state index is 13.9. The normalized spacial score (nSPS) is 12.2. The Hall–Kier alpha value is -3.67. The van der Waals surface area contributed by atoms with Gasteiger partial charge in [-0.05, 0) is 40.5 Å². The Balaban J connectivity index is 1.50. The molecule has 0 fully saturated rings. The van der Waals surface area contributed by atoms with Gasteiger partial charge in [0.05, 0.1) is 11.3 Å². The van der Waals surface area contributed by atoms with Crippen molar-refractivity contribution in [3.8, 4) is 11.1 Å². The average Bonchev–Trinajstić information content (AvgIpc) is 3.02.